The number of hydrogen-bond acceptors (Lipinski definition) is 2. The fraction of sp³-hybridized carbons (Fsp3) is 0.455. The van der Waals surface area contributed by atoms with E-state index in [4.69, 9.17) is 0 Å². The van der Waals surface area contributed by atoms with E-state index in [1.165, 1.54) is 0 Å². The van der Waals surface area contributed by atoms with Gasteiger partial charge in [0.05, 0.1) is 11.9 Å². The number of aromatic nitrogens is 1. The lowest BCUT2D eigenvalue weighted by atomic mass is 10.1. The third-order valence-electron chi connectivity index (χ3n) is 2.28. The van der Waals surface area contributed by atoms with Crippen LogP contribution >= 0.6 is 0 Å². The Kier molecular flexibility index (Phi) is 4.09. The molecule has 4 heteroatoms. The van der Waals surface area contributed by atoms with Gasteiger partial charge in [-0.15, -0.1) is 0 Å². The van der Waals surface area contributed by atoms with Crippen LogP contribution in [-0.2, 0) is 0 Å². The minimum atomic E-state index is -0.191. The number of amides is 2. The minimum absolute atomic E-state index is 0.154. The maximum atomic E-state index is 11.5. The first-order valence-corrected chi connectivity index (χ1v) is 5.07. The zero-order chi connectivity index (χ0) is 11.3. The fourth-order valence-corrected chi connectivity index (χ4v) is 0.977. The lowest BCUT2D eigenvalue weighted by Crippen LogP contribution is -2.38. The Morgan fingerprint density at radius 2 is 2.13 bits per heavy atom. The number of carbonyl (C=O) groups excluding carboxylic acids is 1. The van der Waals surface area contributed by atoms with Crippen molar-refractivity contribution in [2.75, 3.05) is 5.32 Å². The lowest BCUT2D eigenvalue weighted by molar-refractivity contribution is 0.246. The Bertz CT molecular complexity index is 311. The molecule has 1 atom stereocenters. The molecule has 0 bridgehead atoms. The summed E-state index contributed by atoms with van der Waals surface area (Å²) < 4.78 is 0. The van der Waals surface area contributed by atoms with Crippen LogP contribution in [0, 0.1) is 5.92 Å². The van der Waals surface area contributed by atoms with Gasteiger partial charge in [-0.25, -0.2) is 4.79 Å². The van der Waals surface area contributed by atoms with E-state index in [1.807, 2.05) is 6.92 Å². The number of anilines is 1. The van der Waals surface area contributed by atoms with Crippen LogP contribution < -0.4 is 10.6 Å². The van der Waals surface area contributed by atoms with Crippen LogP contribution in [0.5, 0.6) is 0 Å². The van der Waals surface area contributed by atoms with Gasteiger partial charge in [0.15, 0.2) is 0 Å². The number of urea groups is 1. The van der Waals surface area contributed by atoms with Crippen molar-refractivity contribution >= 4 is 11.7 Å². The van der Waals surface area contributed by atoms with Gasteiger partial charge in [0, 0.05) is 12.2 Å². The molecule has 0 aliphatic carbocycles. The smallest absolute Gasteiger partial charge is 0.319 e. The van der Waals surface area contributed by atoms with Gasteiger partial charge in [-0.3, -0.25) is 4.98 Å². The summed E-state index contributed by atoms with van der Waals surface area (Å²) in [7, 11) is 0. The summed E-state index contributed by atoms with van der Waals surface area (Å²) >= 11 is 0. The van der Waals surface area contributed by atoms with Gasteiger partial charge in [0.2, 0.25) is 0 Å². The molecule has 1 rings (SSSR count). The van der Waals surface area contributed by atoms with Gasteiger partial charge < -0.3 is 10.6 Å². The molecule has 1 aromatic rings. The molecule has 2 N–H and O–H groups in total. The van der Waals surface area contributed by atoms with Gasteiger partial charge >= 0.3 is 6.03 Å². The highest BCUT2D eigenvalue weighted by atomic mass is 16.2. The van der Waals surface area contributed by atoms with Crippen molar-refractivity contribution in [3.8, 4) is 0 Å². The SMILES string of the molecule is CC(C)C(C)NC(=O)Nc1cccnc1. The average Bonchev–Trinajstić information content (AvgIpc) is 2.18. The third kappa shape index (κ3) is 3.97. The van der Waals surface area contributed by atoms with E-state index in [-0.39, 0.29) is 12.1 Å². The summed E-state index contributed by atoms with van der Waals surface area (Å²) in [6.07, 6.45) is 3.28. The number of pyridine rings is 1. The average molecular weight is 207 g/mol. The zero-order valence-corrected chi connectivity index (χ0v) is 9.32. The Morgan fingerprint density at radius 3 is 2.67 bits per heavy atom. The molecule has 4 nitrogen and oxygen atoms in total. The molecule has 1 unspecified atom stereocenters. The molecule has 0 aromatic carbocycles. The molecule has 0 saturated carbocycles. The first-order valence-electron chi connectivity index (χ1n) is 5.07. The van der Waals surface area contributed by atoms with Gasteiger partial charge in [-0.1, -0.05) is 13.8 Å². The maximum Gasteiger partial charge on any atom is 0.319 e. The van der Waals surface area contributed by atoms with Crippen molar-refractivity contribution in [3.63, 3.8) is 0 Å². The van der Waals surface area contributed by atoms with E-state index in [2.05, 4.69) is 29.5 Å². The van der Waals surface area contributed by atoms with Gasteiger partial charge in [-0.2, -0.15) is 0 Å². The highest BCUT2D eigenvalue weighted by Crippen LogP contribution is 2.04. The van der Waals surface area contributed by atoms with Crippen molar-refractivity contribution in [1.82, 2.24) is 10.3 Å². The molecule has 1 aromatic heterocycles. The standard InChI is InChI=1S/C11H17N3O/c1-8(2)9(3)13-11(15)14-10-5-4-6-12-7-10/h4-9H,1-3H3,(H2,13,14,15). The van der Waals surface area contributed by atoms with Crippen LogP contribution in [0.4, 0.5) is 10.5 Å². The third-order valence-corrected chi connectivity index (χ3v) is 2.28. The van der Waals surface area contributed by atoms with E-state index in [0.29, 0.717) is 11.6 Å². The first kappa shape index (κ1) is 11.5. The number of nitrogens with one attached hydrogen (secondary N) is 2. The van der Waals surface area contributed by atoms with E-state index < -0.39 is 0 Å². The number of rotatable bonds is 3. The summed E-state index contributed by atoms with van der Waals surface area (Å²) in [6, 6.07) is 3.54. The van der Waals surface area contributed by atoms with Crippen molar-refractivity contribution in [1.29, 1.82) is 0 Å². The topological polar surface area (TPSA) is 54.0 Å². The van der Waals surface area contributed by atoms with Crippen molar-refractivity contribution in [2.24, 2.45) is 5.92 Å². The van der Waals surface area contributed by atoms with E-state index in [0.717, 1.165) is 0 Å². The first-order chi connectivity index (χ1) is 7.09. The molecule has 0 saturated heterocycles. The predicted molar refractivity (Wildman–Crippen MR) is 60.7 cm³/mol. The molecule has 0 radical (unpaired) electrons. The van der Waals surface area contributed by atoms with Crippen LogP contribution in [0.15, 0.2) is 24.5 Å². The van der Waals surface area contributed by atoms with Crippen molar-refractivity contribution < 1.29 is 4.79 Å². The molecule has 0 aliphatic rings. The predicted octanol–water partition coefficient (Wildman–Crippen LogP) is 2.25. The van der Waals surface area contributed by atoms with Crippen molar-refractivity contribution in [2.45, 2.75) is 26.8 Å². The highest BCUT2D eigenvalue weighted by Gasteiger charge is 2.10. The van der Waals surface area contributed by atoms with E-state index in [9.17, 15) is 4.79 Å². The molecule has 82 valence electrons. The summed E-state index contributed by atoms with van der Waals surface area (Å²) in [4.78, 5) is 15.4. The monoisotopic (exact) mass is 207 g/mol. The maximum absolute atomic E-state index is 11.5. The molecule has 1 heterocycles. The summed E-state index contributed by atoms with van der Waals surface area (Å²) in [6.45, 7) is 6.11. The van der Waals surface area contributed by atoms with Gasteiger partial charge in [0.25, 0.3) is 0 Å². The van der Waals surface area contributed by atoms with Gasteiger partial charge in [0.1, 0.15) is 0 Å². The Balaban J connectivity index is 2.43. The second-order valence-corrected chi connectivity index (χ2v) is 3.87. The highest BCUT2D eigenvalue weighted by molar-refractivity contribution is 5.89. The van der Waals surface area contributed by atoms with Gasteiger partial charge in [-0.05, 0) is 25.0 Å². The van der Waals surface area contributed by atoms with Crippen LogP contribution in [0.3, 0.4) is 0 Å². The summed E-state index contributed by atoms with van der Waals surface area (Å²) in [5.41, 5.74) is 0.700. The molecule has 0 aliphatic heterocycles. The minimum Gasteiger partial charge on any atom is -0.335 e. The quantitative estimate of drug-likeness (QED) is 0.798. The number of nitrogens with zero attached hydrogens (tertiary/aromatic N) is 1. The zero-order valence-electron chi connectivity index (χ0n) is 9.32. The summed E-state index contributed by atoms with van der Waals surface area (Å²) in [5, 5.41) is 5.57. The molecular formula is C11H17N3O. The van der Waals surface area contributed by atoms with Crippen LogP contribution in [-0.4, -0.2) is 17.1 Å². The van der Waals surface area contributed by atoms with Crippen LogP contribution in [0.2, 0.25) is 0 Å². The van der Waals surface area contributed by atoms with Crippen molar-refractivity contribution in [3.05, 3.63) is 24.5 Å². The lowest BCUT2D eigenvalue weighted by Gasteiger charge is -2.17. The largest absolute Gasteiger partial charge is 0.335 e. The summed E-state index contributed by atoms with van der Waals surface area (Å²) in [5.74, 6) is 0.421. The Labute approximate surface area is 90.1 Å². The van der Waals surface area contributed by atoms with Crippen LogP contribution in [0.25, 0.3) is 0 Å². The fourth-order valence-electron chi connectivity index (χ4n) is 0.977. The number of hydrogen-bond donors (Lipinski definition) is 2. The normalized spacial score (nSPS) is 12.3. The molecule has 0 spiro atoms. The second-order valence-electron chi connectivity index (χ2n) is 3.87. The Morgan fingerprint density at radius 1 is 1.40 bits per heavy atom. The second kappa shape index (κ2) is 5.34. The Hall–Kier alpha value is -1.58. The van der Waals surface area contributed by atoms with Crippen LogP contribution in [0.1, 0.15) is 20.8 Å². The molecular weight excluding hydrogens is 190 g/mol. The number of carbonyl (C=O) groups is 1. The molecule has 0 fully saturated rings. The van der Waals surface area contributed by atoms with E-state index >= 15 is 0 Å². The molecule has 15 heavy (non-hydrogen) atoms. The molecule has 2 amide bonds. The van der Waals surface area contributed by atoms with E-state index in [1.54, 1.807) is 24.5 Å².